The highest BCUT2D eigenvalue weighted by atomic mass is 14.3. The van der Waals surface area contributed by atoms with E-state index in [1.807, 2.05) is 0 Å². The van der Waals surface area contributed by atoms with Crippen LogP contribution in [0.5, 0.6) is 0 Å². The number of hydrogen-bond acceptors (Lipinski definition) is 0. The Morgan fingerprint density at radius 1 is 0.159 bits per heavy atom. The summed E-state index contributed by atoms with van der Waals surface area (Å²) in [6.45, 7) is 4.40. The predicted octanol–water partition coefficient (Wildman–Crippen LogP) is 24.9. The molecule has 0 saturated carbocycles. The van der Waals surface area contributed by atoms with Crippen molar-refractivity contribution in [1.82, 2.24) is 0 Å². The fourth-order valence-corrected chi connectivity index (χ4v) is 14.8. The molecule has 0 N–H and O–H groups in total. The van der Waals surface area contributed by atoms with Crippen LogP contribution >= 0.6 is 0 Å². The molecule has 0 amide bonds. The van der Waals surface area contributed by atoms with Crippen molar-refractivity contribution in [1.29, 1.82) is 0 Å². The number of benzene rings is 17. The molecular formula is C88H58. The SMILES string of the molecule is Cc1ccc2c(-c3cc4ccccc4c4ccccc34)c3ccccc3c(-c3cccc(-c4ccccc4)c3)c2c1.Cc1ccc2c(-c3ccc(-c4ccc5c6c(cccc46)-c4ccccc4-5)cc3)c3ccccc3c(-c3ccc4ccccc4c3)c2c1. The largest absolute Gasteiger partial charge is 0.0622 e. The number of hydrogen-bond donors (Lipinski definition) is 0. The van der Waals surface area contributed by atoms with Crippen LogP contribution in [0.25, 0.3) is 175 Å². The van der Waals surface area contributed by atoms with Crippen LogP contribution in [0, 0.1) is 13.8 Å². The maximum absolute atomic E-state index is 2.40. The third-order valence-corrected chi connectivity index (χ3v) is 18.7. The van der Waals surface area contributed by atoms with Gasteiger partial charge in [0, 0.05) is 0 Å². The van der Waals surface area contributed by atoms with E-state index in [2.05, 4.69) is 329 Å². The van der Waals surface area contributed by atoms with Crippen molar-refractivity contribution >= 4 is 86.2 Å². The zero-order chi connectivity index (χ0) is 58.4. The van der Waals surface area contributed by atoms with Gasteiger partial charge in [0.25, 0.3) is 0 Å². The molecule has 0 fully saturated rings. The normalized spacial score (nSPS) is 11.8. The molecule has 410 valence electrons. The summed E-state index contributed by atoms with van der Waals surface area (Å²) in [6, 6.07) is 117. The van der Waals surface area contributed by atoms with Crippen LogP contribution in [0.1, 0.15) is 11.1 Å². The van der Waals surface area contributed by atoms with E-state index < -0.39 is 0 Å². The predicted molar refractivity (Wildman–Crippen MR) is 379 cm³/mol. The van der Waals surface area contributed by atoms with Crippen LogP contribution in [0.2, 0.25) is 0 Å². The highest BCUT2D eigenvalue weighted by molar-refractivity contribution is 6.27. The van der Waals surface area contributed by atoms with Crippen molar-refractivity contribution in [2.45, 2.75) is 13.8 Å². The van der Waals surface area contributed by atoms with Crippen LogP contribution in [0.4, 0.5) is 0 Å². The molecule has 0 spiro atoms. The van der Waals surface area contributed by atoms with Crippen molar-refractivity contribution in [3.05, 3.63) is 327 Å². The second kappa shape index (κ2) is 20.8. The summed E-state index contributed by atoms with van der Waals surface area (Å²) >= 11 is 0. The average Bonchev–Trinajstić information content (AvgIpc) is 1.18. The molecule has 0 heterocycles. The summed E-state index contributed by atoms with van der Waals surface area (Å²) in [4.78, 5) is 0. The van der Waals surface area contributed by atoms with Crippen molar-refractivity contribution in [2.24, 2.45) is 0 Å². The van der Waals surface area contributed by atoms with Crippen molar-refractivity contribution in [3.63, 3.8) is 0 Å². The number of fused-ring (bicyclic) bond motifs is 11. The summed E-state index contributed by atoms with van der Waals surface area (Å²) in [5, 5.41) is 20.7. The maximum atomic E-state index is 2.40. The zero-order valence-corrected chi connectivity index (χ0v) is 49.0. The minimum absolute atomic E-state index is 1.23. The van der Waals surface area contributed by atoms with Gasteiger partial charge in [-0.05, 0) is 207 Å². The second-order valence-corrected chi connectivity index (χ2v) is 23.9. The highest BCUT2D eigenvalue weighted by Gasteiger charge is 2.24. The molecule has 88 heavy (non-hydrogen) atoms. The molecule has 0 bridgehead atoms. The van der Waals surface area contributed by atoms with Crippen LogP contribution in [0.15, 0.2) is 315 Å². The van der Waals surface area contributed by atoms with Gasteiger partial charge in [0.05, 0.1) is 0 Å². The van der Waals surface area contributed by atoms with E-state index in [-0.39, 0.29) is 0 Å². The van der Waals surface area contributed by atoms with Gasteiger partial charge in [0.2, 0.25) is 0 Å². The van der Waals surface area contributed by atoms with Crippen molar-refractivity contribution < 1.29 is 0 Å². The molecule has 0 atom stereocenters. The lowest BCUT2D eigenvalue weighted by Gasteiger charge is -2.20. The number of aryl methyl sites for hydroxylation is 2. The Labute approximate surface area is 512 Å². The van der Waals surface area contributed by atoms with E-state index in [0.29, 0.717) is 0 Å². The second-order valence-electron chi connectivity index (χ2n) is 23.9. The Hall–Kier alpha value is -11.2. The van der Waals surface area contributed by atoms with Gasteiger partial charge in [0.15, 0.2) is 0 Å². The Morgan fingerprint density at radius 2 is 0.591 bits per heavy atom. The lowest BCUT2D eigenvalue weighted by molar-refractivity contribution is 1.51. The summed E-state index contributed by atoms with van der Waals surface area (Å²) in [5.41, 5.74) is 23.1. The summed E-state index contributed by atoms with van der Waals surface area (Å²) in [7, 11) is 0. The minimum Gasteiger partial charge on any atom is -0.0622 e. The summed E-state index contributed by atoms with van der Waals surface area (Å²) in [6.07, 6.45) is 0. The van der Waals surface area contributed by atoms with Gasteiger partial charge < -0.3 is 0 Å². The lowest BCUT2D eigenvalue weighted by atomic mass is 9.83. The molecule has 17 aromatic carbocycles. The van der Waals surface area contributed by atoms with E-state index >= 15 is 0 Å². The molecule has 17 aromatic rings. The summed E-state index contributed by atoms with van der Waals surface area (Å²) < 4.78 is 0. The average molecular weight is 1120 g/mol. The summed E-state index contributed by atoms with van der Waals surface area (Å²) in [5.74, 6) is 0. The third kappa shape index (κ3) is 8.36. The van der Waals surface area contributed by atoms with E-state index in [9.17, 15) is 0 Å². The molecule has 18 rings (SSSR count). The first-order valence-corrected chi connectivity index (χ1v) is 30.7. The van der Waals surface area contributed by atoms with E-state index in [1.54, 1.807) is 0 Å². The monoisotopic (exact) mass is 1110 g/mol. The first kappa shape index (κ1) is 51.3. The molecule has 1 aliphatic rings. The van der Waals surface area contributed by atoms with Gasteiger partial charge in [0.1, 0.15) is 0 Å². The van der Waals surface area contributed by atoms with Crippen LogP contribution < -0.4 is 0 Å². The zero-order valence-electron chi connectivity index (χ0n) is 49.0. The molecule has 0 nitrogen and oxygen atoms in total. The van der Waals surface area contributed by atoms with Crippen molar-refractivity contribution in [3.8, 4) is 89.0 Å². The Bertz CT molecular complexity index is 5660. The Balaban J connectivity index is 0.000000138. The fraction of sp³-hybridized carbons (Fsp3) is 0.0227. The van der Waals surface area contributed by atoms with Gasteiger partial charge in [-0.15, -0.1) is 0 Å². The van der Waals surface area contributed by atoms with Gasteiger partial charge in [-0.3, -0.25) is 0 Å². The molecule has 0 aliphatic heterocycles. The Morgan fingerprint density at radius 3 is 1.27 bits per heavy atom. The third-order valence-electron chi connectivity index (χ3n) is 18.7. The van der Waals surface area contributed by atoms with Crippen LogP contribution in [0.3, 0.4) is 0 Å². The van der Waals surface area contributed by atoms with Gasteiger partial charge >= 0.3 is 0 Å². The molecule has 0 saturated heterocycles. The fourth-order valence-electron chi connectivity index (χ4n) is 14.8. The van der Waals surface area contributed by atoms with Gasteiger partial charge in [-0.2, -0.15) is 0 Å². The van der Waals surface area contributed by atoms with E-state index in [1.165, 1.54) is 186 Å². The highest BCUT2D eigenvalue weighted by Crippen LogP contribution is 2.51. The molecule has 0 heteroatoms. The van der Waals surface area contributed by atoms with E-state index in [4.69, 9.17) is 0 Å². The molecule has 0 aromatic heterocycles. The standard InChI is InChI=1S/C47H30.C41H28/c1-29-17-24-43-44(27-29)46(34-23-18-30-9-2-3-10-33(30)28-34)41-14-7-6-13-40(41)45(43)32-21-19-31(20-22-32)35-25-26-42-37-12-5-4-11-36(37)39-16-8-15-38(35)47(39)42;1-27-22-23-37-38(24-27)40(31-16-11-15-29(25-31)28-12-3-2-4-13-28)35-20-9-10-21-36(35)41(37)39-26-30-14-5-6-17-32(30)33-18-7-8-19-34(33)39/h2-28H,1H3;2-26H,1H3. The van der Waals surface area contributed by atoms with Gasteiger partial charge in [-0.1, -0.05) is 308 Å². The van der Waals surface area contributed by atoms with Gasteiger partial charge in [-0.25, -0.2) is 0 Å². The molecule has 0 unspecified atom stereocenters. The minimum atomic E-state index is 1.23. The Kier molecular flexibility index (Phi) is 12.1. The number of rotatable bonds is 6. The molecule has 0 radical (unpaired) electrons. The first-order valence-electron chi connectivity index (χ1n) is 30.7. The molecule has 1 aliphatic carbocycles. The van der Waals surface area contributed by atoms with Crippen molar-refractivity contribution in [2.75, 3.05) is 0 Å². The first-order chi connectivity index (χ1) is 43.5. The smallest absolute Gasteiger partial charge is 0.00199 e. The van der Waals surface area contributed by atoms with Crippen LogP contribution in [-0.4, -0.2) is 0 Å². The maximum Gasteiger partial charge on any atom is -0.00199 e. The van der Waals surface area contributed by atoms with Crippen LogP contribution in [-0.2, 0) is 0 Å². The lowest BCUT2D eigenvalue weighted by Crippen LogP contribution is -1.93. The topological polar surface area (TPSA) is 0 Å². The van der Waals surface area contributed by atoms with E-state index in [0.717, 1.165) is 0 Å². The molecular weight excluding hydrogens is 1060 g/mol. The quantitative estimate of drug-likeness (QED) is 0.115.